The first-order valence-corrected chi connectivity index (χ1v) is 4.50. The first kappa shape index (κ1) is 8.07. The van der Waals surface area contributed by atoms with Crippen molar-refractivity contribution in [3.63, 3.8) is 0 Å². The fourth-order valence-electron chi connectivity index (χ4n) is 1.25. The largest absolute Gasteiger partial charge is 0.507 e. The lowest BCUT2D eigenvalue weighted by molar-refractivity contribution is 0.112. The van der Waals surface area contributed by atoms with Gasteiger partial charge < -0.3 is 10.8 Å². The molecule has 0 aliphatic heterocycles. The Hall–Kier alpha value is -1.55. The number of fused-ring (bicyclic) bond motifs is 1. The molecule has 0 saturated carbocycles. The normalized spacial score (nSPS) is 10.5. The highest BCUT2D eigenvalue weighted by atomic mass is 32.1. The number of benzene rings is 1. The van der Waals surface area contributed by atoms with Crippen molar-refractivity contribution in [3.05, 3.63) is 23.8 Å². The van der Waals surface area contributed by atoms with E-state index in [2.05, 4.69) is 0 Å². The number of anilines is 1. The van der Waals surface area contributed by atoms with E-state index in [1.807, 2.05) is 0 Å². The van der Waals surface area contributed by atoms with Gasteiger partial charge in [-0.05, 0) is 23.6 Å². The molecule has 1 aromatic heterocycles. The minimum absolute atomic E-state index is 0.00403. The summed E-state index contributed by atoms with van der Waals surface area (Å²) in [6.45, 7) is 0. The smallest absolute Gasteiger partial charge is 0.155 e. The number of nitrogens with two attached hydrogens (primary N) is 1. The van der Waals surface area contributed by atoms with Crippen LogP contribution < -0.4 is 5.73 Å². The van der Waals surface area contributed by atoms with Crippen molar-refractivity contribution in [2.24, 2.45) is 0 Å². The lowest BCUT2D eigenvalue weighted by atomic mass is 10.1. The van der Waals surface area contributed by atoms with Crippen LogP contribution in [0.4, 0.5) is 5.00 Å². The van der Waals surface area contributed by atoms with E-state index >= 15 is 0 Å². The SMILES string of the molecule is Nc1cc2ccc(O)c(C=O)c2s1. The summed E-state index contributed by atoms with van der Waals surface area (Å²) in [5.74, 6) is 0.00403. The van der Waals surface area contributed by atoms with Crippen LogP contribution in [0.2, 0.25) is 0 Å². The second kappa shape index (κ2) is 2.74. The maximum atomic E-state index is 10.7. The van der Waals surface area contributed by atoms with Crippen LogP contribution in [0.25, 0.3) is 10.1 Å². The lowest BCUT2D eigenvalue weighted by Gasteiger charge is -1.96. The third kappa shape index (κ3) is 1.15. The summed E-state index contributed by atoms with van der Waals surface area (Å²) >= 11 is 1.30. The molecule has 2 aromatic rings. The summed E-state index contributed by atoms with van der Waals surface area (Å²) in [5, 5.41) is 10.9. The molecule has 0 fully saturated rings. The molecule has 2 rings (SSSR count). The van der Waals surface area contributed by atoms with Crippen LogP contribution in [0.3, 0.4) is 0 Å². The van der Waals surface area contributed by atoms with E-state index in [1.165, 1.54) is 17.4 Å². The first-order valence-electron chi connectivity index (χ1n) is 3.68. The van der Waals surface area contributed by atoms with E-state index in [0.29, 0.717) is 16.9 Å². The zero-order valence-corrected chi connectivity index (χ0v) is 7.47. The number of aldehydes is 1. The second-order valence-corrected chi connectivity index (χ2v) is 3.77. The Morgan fingerprint density at radius 2 is 2.23 bits per heavy atom. The van der Waals surface area contributed by atoms with Crippen molar-refractivity contribution < 1.29 is 9.90 Å². The molecule has 0 amide bonds. The molecule has 0 radical (unpaired) electrons. The third-order valence-electron chi connectivity index (χ3n) is 1.84. The van der Waals surface area contributed by atoms with Gasteiger partial charge in [-0.2, -0.15) is 0 Å². The van der Waals surface area contributed by atoms with Crippen LogP contribution in [-0.2, 0) is 0 Å². The van der Waals surface area contributed by atoms with E-state index in [-0.39, 0.29) is 5.75 Å². The summed E-state index contributed by atoms with van der Waals surface area (Å²) in [5.41, 5.74) is 5.90. The average molecular weight is 193 g/mol. The number of rotatable bonds is 1. The monoisotopic (exact) mass is 193 g/mol. The minimum Gasteiger partial charge on any atom is -0.507 e. The Kier molecular flexibility index (Phi) is 1.70. The van der Waals surface area contributed by atoms with Crippen molar-refractivity contribution in [2.45, 2.75) is 0 Å². The molecule has 66 valence electrons. The molecule has 0 spiro atoms. The van der Waals surface area contributed by atoms with Crippen LogP contribution in [-0.4, -0.2) is 11.4 Å². The number of nitrogen functional groups attached to an aromatic ring is 1. The van der Waals surface area contributed by atoms with Crippen molar-refractivity contribution in [1.29, 1.82) is 0 Å². The van der Waals surface area contributed by atoms with Gasteiger partial charge in [-0.3, -0.25) is 4.79 Å². The molecular formula is C9H7NO2S. The third-order valence-corrected chi connectivity index (χ3v) is 2.85. The fraction of sp³-hybridized carbons (Fsp3) is 0. The maximum Gasteiger partial charge on any atom is 0.155 e. The summed E-state index contributed by atoms with van der Waals surface area (Å²) in [7, 11) is 0. The Labute approximate surface area is 78.4 Å². The molecule has 1 aromatic carbocycles. The molecule has 0 aliphatic rings. The first-order chi connectivity index (χ1) is 6.22. The molecule has 1 heterocycles. The Bertz CT molecular complexity index is 476. The topological polar surface area (TPSA) is 63.3 Å². The van der Waals surface area contributed by atoms with Gasteiger partial charge in [-0.25, -0.2) is 0 Å². The number of carbonyl (C=O) groups is 1. The molecule has 0 saturated heterocycles. The molecular weight excluding hydrogens is 186 g/mol. The molecule has 4 heteroatoms. The highest BCUT2D eigenvalue weighted by Gasteiger charge is 2.08. The van der Waals surface area contributed by atoms with Gasteiger partial charge in [0, 0.05) is 0 Å². The Morgan fingerprint density at radius 3 is 2.92 bits per heavy atom. The summed E-state index contributed by atoms with van der Waals surface area (Å²) in [6.07, 6.45) is 0.646. The number of hydrogen-bond donors (Lipinski definition) is 2. The molecule has 0 bridgehead atoms. The highest BCUT2D eigenvalue weighted by molar-refractivity contribution is 7.23. The van der Waals surface area contributed by atoms with Crippen LogP contribution in [0.1, 0.15) is 10.4 Å². The maximum absolute atomic E-state index is 10.7. The quantitative estimate of drug-likeness (QED) is 0.681. The van der Waals surface area contributed by atoms with Gasteiger partial charge in [0.05, 0.1) is 15.3 Å². The van der Waals surface area contributed by atoms with Crippen LogP contribution in [0, 0.1) is 0 Å². The number of aromatic hydroxyl groups is 1. The molecule has 0 aliphatic carbocycles. The van der Waals surface area contributed by atoms with Gasteiger partial charge in [-0.1, -0.05) is 0 Å². The van der Waals surface area contributed by atoms with Crippen molar-refractivity contribution in [1.82, 2.24) is 0 Å². The average Bonchev–Trinajstić information content (AvgIpc) is 2.45. The standard InChI is InChI=1S/C9H7NO2S/c10-8-3-5-1-2-7(12)6(4-11)9(5)13-8/h1-4,12H,10H2. The zero-order valence-electron chi connectivity index (χ0n) is 6.65. The molecule has 3 nitrogen and oxygen atoms in total. The number of phenolic OH excluding ortho intramolecular Hbond substituents is 1. The highest BCUT2D eigenvalue weighted by Crippen LogP contribution is 2.33. The van der Waals surface area contributed by atoms with Crippen LogP contribution in [0.5, 0.6) is 5.75 Å². The van der Waals surface area contributed by atoms with Crippen molar-refractivity contribution in [2.75, 3.05) is 5.73 Å². The van der Waals surface area contributed by atoms with E-state index in [9.17, 15) is 9.90 Å². The van der Waals surface area contributed by atoms with Gasteiger partial charge in [0.15, 0.2) is 6.29 Å². The molecule has 13 heavy (non-hydrogen) atoms. The second-order valence-electron chi connectivity index (χ2n) is 2.68. The van der Waals surface area contributed by atoms with Gasteiger partial charge in [0.1, 0.15) is 5.75 Å². The number of carbonyl (C=O) groups excluding carboxylic acids is 1. The van der Waals surface area contributed by atoms with E-state index < -0.39 is 0 Å². The Balaban J connectivity index is 2.90. The van der Waals surface area contributed by atoms with Gasteiger partial charge in [0.2, 0.25) is 0 Å². The summed E-state index contributed by atoms with van der Waals surface area (Å²) < 4.78 is 0.743. The minimum atomic E-state index is 0.00403. The van der Waals surface area contributed by atoms with Crippen LogP contribution in [0.15, 0.2) is 18.2 Å². The van der Waals surface area contributed by atoms with E-state index in [1.54, 1.807) is 12.1 Å². The van der Waals surface area contributed by atoms with E-state index in [4.69, 9.17) is 5.73 Å². The summed E-state index contributed by atoms with van der Waals surface area (Å²) in [4.78, 5) is 10.7. The van der Waals surface area contributed by atoms with Crippen molar-refractivity contribution in [3.8, 4) is 5.75 Å². The molecule has 0 unspecified atom stereocenters. The number of phenols is 1. The molecule has 0 atom stereocenters. The van der Waals surface area contributed by atoms with E-state index in [0.717, 1.165) is 10.1 Å². The zero-order chi connectivity index (χ0) is 9.42. The predicted octanol–water partition coefficient (Wildman–Crippen LogP) is 2.00. The van der Waals surface area contributed by atoms with Crippen molar-refractivity contribution >= 4 is 32.7 Å². The van der Waals surface area contributed by atoms with Gasteiger partial charge in [0.25, 0.3) is 0 Å². The molecule has 3 N–H and O–H groups in total. The fourth-order valence-corrected chi connectivity index (χ4v) is 2.18. The Morgan fingerprint density at radius 1 is 1.46 bits per heavy atom. The van der Waals surface area contributed by atoms with Crippen LogP contribution >= 0.6 is 11.3 Å². The lowest BCUT2D eigenvalue weighted by Crippen LogP contribution is -1.80. The van der Waals surface area contributed by atoms with Gasteiger partial charge in [-0.15, -0.1) is 11.3 Å². The summed E-state index contributed by atoms with van der Waals surface area (Å²) in [6, 6.07) is 5.02. The number of hydrogen-bond acceptors (Lipinski definition) is 4. The van der Waals surface area contributed by atoms with Gasteiger partial charge >= 0.3 is 0 Å². The number of thiophene rings is 1. The predicted molar refractivity (Wildman–Crippen MR) is 53.3 cm³/mol.